The van der Waals surface area contributed by atoms with E-state index in [9.17, 15) is 0 Å². The van der Waals surface area contributed by atoms with E-state index >= 15 is 0 Å². The molecule has 1 aromatic rings. The molecule has 0 aliphatic heterocycles. The lowest BCUT2D eigenvalue weighted by molar-refractivity contribution is 0.410. The average molecular weight is 176 g/mol. The molecule has 0 saturated carbocycles. The van der Waals surface area contributed by atoms with Gasteiger partial charge in [0.15, 0.2) is 0 Å². The van der Waals surface area contributed by atoms with Crippen LogP contribution in [-0.4, -0.2) is 7.11 Å². The van der Waals surface area contributed by atoms with Gasteiger partial charge < -0.3 is 4.74 Å². The fraction of sp³-hybridized carbons (Fsp3) is 0.500. The second kappa shape index (κ2) is 3.41. The number of methoxy groups -OCH3 is 1. The van der Waals surface area contributed by atoms with Crippen LogP contribution >= 0.6 is 0 Å². The summed E-state index contributed by atoms with van der Waals surface area (Å²) in [5, 5.41) is 0. The topological polar surface area (TPSA) is 9.23 Å². The summed E-state index contributed by atoms with van der Waals surface area (Å²) in [6.07, 6.45) is 5.16. The first-order valence-electron chi connectivity index (χ1n) is 4.97. The molecule has 1 nitrogen and oxygen atoms in total. The Labute approximate surface area is 79.7 Å². The quantitative estimate of drug-likeness (QED) is 0.639. The molecule has 0 aromatic heterocycles. The summed E-state index contributed by atoms with van der Waals surface area (Å²) in [4.78, 5) is 0. The van der Waals surface area contributed by atoms with Crippen molar-refractivity contribution in [2.45, 2.75) is 32.6 Å². The number of benzene rings is 1. The molecule has 0 saturated heterocycles. The van der Waals surface area contributed by atoms with Gasteiger partial charge in [-0.15, -0.1) is 0 Å². The van der Waals surface area contributed by atoms with E-state index < -0.39 is 0 Å². The molecule has 2 rings (SSSR count). The Balaban J connectivity index is 2.44. The molecule has 0 fully saturated rings. The molecule has 0 heterocycles. The zero-order chi connectivity index (χ0) is 9.26. The molecule has 0 N–H and O–H groups in total. The van der Waals surface area contributed by atoms with Gasteiger partial charge in [0.05, 0.1) is 7.11 Å². The molecule has 1 aliphatic rings. The molecule has 0 atom stereocenters. The number of rotatable bonds is 1. The molecule has 1 aromatic carbocycles. The van der Waals surface area contributed by atoms with Crippen molar-refractivity contribution in [3.05, 3.63) is 28.8 Å². The van der Waals surface area contributed by atoms with E-state index in [0.29, 0.717) is 0 Å². The Morgan fingerprint density at radius 2 is 1.69 bits per heavy atom. The number of ether oxygens (including phenoxy) is 1. The third-order valence-corrected chi connectivity index (χ3v) is 2.86. The van der Waals surface area contributed by atoms with Crippen LogP contribution in [0.3, 0.4) is 0 Å². The summed E-state index contributed by atoms with van der Waals surface area (Å²) in [6.45, 7) is 2.12. The Hall–Kier alpha value is -0.980. The van der Waals surface area contributed by atoms with E-state index in [1.165, 1.54) is 42.4 Å². The van der Waals surface area contributed by atoms with E-state index in [1.54, 1.807) is 7.11 Å². The maximum atomic E-state index is 5.31. The van der Waals surface area contributed by atoms with Gasteiger partial charge in [0.1, 0.15) is 5.75 Å². The Kier molecular flexibility index (Phi) is 2.26. The predicted molar refractivity (Wildman–Crippen MR) is 54.4 cm³/mol. The van der Waals surface area contributed by atoms with Gasteiger partial charge in [0.25, 0.3) is 0 Å². The molecular weight excluding hydrogens is 160 g/mol. The first kappa shape index (κ1) is 8.61. The summed E-state index contributed by atoms with van der Waals surface area (Å²) in [5.74, 6) is 1.04. The van der Waals surface area contributed by atoms with Gasteiger partial charge in [-0.25, -0.2) is 0 Å². The Bertz CT molecular complexity index is 315. The summed E-state index contributed by atoms with van der Waals surface area (Å²) in [6, 6.07) is 4.50. The van der Waals surface area contributed by atoms with Gasteiger partial charge in [-0.05, 0) is 55.4 Å². The first-order valence-corrected chi connectivity index (χ1v) is 4.97. The van der Waals surface area contributed by atoms with Gasteiger partial charge >= 0.3 is 0 Å². The zero-order valence-corrected chi connectivity index (χ0v) is 8.39. The molecule has 1 aliphatic carbocycles. The zero-order valence-electron chi connectivity index (χ0n) is 8.39. The second-order valence-corrected chi connectivity index (χ2v) is 3.80. The van der Waals surface area contributed by atoms with Crippen LogP contribution < -0.4 is 4.74 Å². The van der Waals surface area contributed by atoms with Crippen molar-refractivity contribution in [3.8, 4) is 5.75 Å². The summed E-state index contributed by atoms with van der Waals surface area (Å²) in [5.41, 5.74) is 4.29. The lowest BCUT2D eigenvalue weighted by Gasteiger charge is -2.17. The predicted octanol–water partition coefficient (Wildman–Crippen LogP) is 2.88. The van der Waals surface area contributed by atoms with Crippen molar-refractivity contribution in [1.82, 2.24) is 0 Å². The van der Waals surface area contributed by atoms with Crippen LogP contribution in [0.4, 0.5) is 0 Å². The van der Waals surface area contributed by atoms with Crippen molar-refractivity contribution in [2.24, 2.45) is 0 Å². The van der Waals surface area contributed by atoms with Crippen LogP contribution in [0.2, 0.25) is 0 Å². The molecule has 1 heteroatoms. The monoisotopic (exact) mass is 176 g/mol. The van der Waals surface area contributed by atoms with Crippen LogP contribution in [0, 0.1) is 6.92 Å². The number of hydrogen-bond acceptors (Lipinski definition) is 1. The minimum absolute atomic E-state index is 1.04. The molecule has 70 valence electrons. The van der Waals surface area contributed by atoms with Crippen molar-refractivity contribution in [3.63, 3.8) is 0 Å². The Morgan fingerprint density at radius 3 is 2.31 bits per heavy atom. The molecule has 0 spiro atoms. The fourth-order valence-electron chi connectivity index (χ4n) is 2.11. The average Bonchev–Trinajstić information content (AvgIpc) is 2.17. The summed E-state index contributed by atoms with van der Waals surface area (Å²) >= 11 is 0. The Morgan fingerprint density at radius 1 is 1.08 bits per heavy atom. The number of hydrogen-bond donors (Lipinski definition) is 0. The molecule has 0 amide bonds. The fourth-order valence-corrected chi connectivity index (χ4v) is 2.11. The van der Waals surface area contributed by atoms with Crippen LogP contribution in [0.25, 0.3) is 0 Å². The third-order valence-electron chi connectivity index (χ3n) is 2.86. The van der Waals surface area contributed by atoms with E-state index in [4.69, 9.17) is 4.74 Å². The van der Waals surface area contributed by atoms with Crippen molar-refractivity contribution in [1.29, 1.82) is 0 Å². The highest BCUT2D eigenvalue weighted by atomic mass is 16.5. The van der Waals surface area contributed by atoms with Crippen LogP contribution in [0.15, 0.2) is 12.1 Å². The van der Waals surface area contributed by atoms with E-state index in [0.717, 1.165) is 5.75 Å². The number of fused-ring (bicyclic) bond motifs is 1. The SMILES string of the molecule is COc1cc2c(cc1C)CCCC2. The maximum Gasteiger partial charge on any atom is 0.122 e. The van der Waals surface area contributed by atoms with E-state index in [-0.39, 0.29) is 0 Å². The largest absolute Gasteiger partial charge is 0.496 e. The molecule has 0 unspecified atom stereocenters. The smallest absolute Gasteiger partial charge is 0.122 e. The highest BCUT2D eigenvalue weighted by Crippen LogP contribution is 2.28. The van der Waals surface area contributed by atoms with Gasteiger partial charge in [0.2, 0.25) is 0 Å². The molecule has 0 bridgehead atoms. The van der Waals surface area contributed by atoms with Crippen LogP contribution in [0.1, 0.15) is 29.5 Å². The third kappa shape index (κ3) is 1.55. The maximum absolute atomic E-state index is 5.31. The minimum atomic E-state index is 1.04. The summed E-state index contributed by atoms with van der Waals surface area (Å²) < 4.78 is 5.31. The highest BCUT2D eigenvalue weighted by Gasteiger charge is 2.11. The number of aryl methyl sites for hydroxylation is 3. The lowest BCUT2D eigenvalue weighted by Crippen LogP contribution is -2.03. The molecular formula is C12H16O. The van der Waals surface area contributed by atoms with E-state index in [2.05, 4.69) is 19.1 Å². The van der Waals surface area contributed by atoms with E-state index in [1.807, 2.05) is 0 Å². The standard InChI is InChI=1S/C12H16O/c1-9-7-10-5-3-4-6-11(10)8-12(9)13-2/h7-8H,3-6H2,1-2H3. The normalized spacial score (nSPS) is 15.2. The van der Waals surface area contributed by atoms with Crippen molar-refractivity contribution < 1.29 is 4.74 Å². The first-order chi connectivity index (χ1) is 6.31. The highest BCUT2D eigenvalue weighted by molar-refractivity contribution is 5.43. The van der Waals surface area contributed by atoms with Crippen molar-refractivity contribution in [2.75, 3.05) is 7.11 Å². The minimum Gasteiger partial charge on any atom is -0.496 e. The van der Waals surface area contributed by atoms with Crippen LogP contribution in [0.5, 0.6) is 5.75 Å². The molecule has 0 radical (unpaired) electrons. The van der Waals surface area contributed by atoms with Crippen LogP contribution in [-0.2, 0) is 12.8 Å². The molecule has 13 heavy (non-hydrogen) atoms. The summed E-state index contributed by atoms with van der Waals surface area (Å²) in [7, 11) is 1.75. The lowest BCUT2D eigenvalue weighted by atomic mass is 9.90. The second-order valence-electron chi connectivity index (χ2n) is 3.80. The van der Waals surface area contributed by atoms with Crippen molar-refractivity contribution >= 4 is 0 Å². The van der Waals surface area contributed by atoms with Gasteiger partial charge in [-0.1, -0.05) is 6.07 Å². The van der Waals surface area contributed by atoms with Gasteiger partial charge in [0, 0.05) is 0 Å². The van der Waals surface area contributed by atoms with Gasteiger partial charge in [-0.2, -0.15) is 0 Å². The van der Waals surface area contributed by atoms with Gasteiger partial charge in [-0.3, -0.25) is 0 Å².